The smallest absolute Gasteiger partial charge is 0.182 e. The van der Waals surface area contributed by atoms with Crippen LogP contribution in [0.3, 0.4) is 0 Å². The number of amidine groups is 1. The van der Waals surface area contributed by atoms with E-state index in [1.165, 1.54) is 12.1 Å². The summed E-state index contributed by atoms with van der Waals surface area (Å²) in [6.07, 6.45) is 1.90. The van der Waals surface area contributed by atoms with Crippen molar-refractivity contribution in [2.75, 3.05) is 5.01 Å². The second kappa shape index (κ2) is 6.64. The predicted molar refractivity (Wildman–Crippen MR) is 101 cm³/mol. The predicted octanol–water partition coefficient (Wildman–Crippen LogP) is 4.31. The summed E-state index contributed by atoms with van der Waals surface area (Å²) in [6, 6.07) is 23.7. The first-order chi connectivity index (χ1) is 12.7. The lowest BCUT2D eigenvalue weighted by molar-refractivity contribution is 0.351. The summed E-state index contributed by atoms with van der Waals surface area (Å²) in [6.45, 7) is 0. The minimum Gasteiger partial charge on any atom is -0.507 e. The highest BCUT2D eigenvalue weighted by Crippen LogP contribution is 2.28. The van der Waals surface area contributed by atoms with Gasteiger partial charge in [0, 0.05) is 6.07 Å². The fourth-order valence-corrected chi connectivity index (χ4v) is 2.75. The van der Waals surface area contributed by atoms with Crippen LogP contribution in [0.15, 0.2) is 90.2 Å². The summed E-state index contributed by atoms with van der Waals surface area (Å²) in [7, 11) is 0. The van der Waals surface area contributed by atoms with Gasteiger partial charge in [-0.15, -0.1) is 5.10 Å². The number of aromatic hydroxyl groups is 1. The molecule has 0 fully saturated rings. The molecule has 2 N–H and O–H groups in total. The van der Waals surface area contributed by atoms with Crippen molar-refractivity contribution in [3.8, 4) is 11.5 Å². The Bertz CT molecular complexity index is 983. The number of nitrogens with one attached hydrogen (secondary N) is 1. The average Bonchev–Trinajstić information content (AvgIpc) is 2.69. The number of rotatable bonds is 3. The lowest BCUT2D eigenvalue weighted by Gasteiger charge is -2.26. The number of nitrogens with zero attached hydrogens (tertiary/aromatic N) is 2. The maximum atomic E-state index is 11.5. The molecule has 1 heterocycles. The van der Waals surface area contributed by atoms with E-state index in [4.69, 9.17) is 0 Å². The van der Waals surface area contributed by atoms with E-state index in [2.05, 4.69) is 10.4 Å². The van der Waals surface area contributed by atoms with Gasteiger partial charge in [-0.1, -0.05) is 48.5 Å². The topological polar surface area (TPSA) is 67.8 Å². The zero-order chi connectivity index (χ0) is 17.9. The highest BCUT2D eigenvalue weighted by atomic mass is 16.3. The Balaban J connectivity index is 1.80. The quantitative estimate of drug-likeness (QED) is 0.745. The van der Waals surface area contributed by atoms with Gasteiger partial charge in [0.2, 0.25) is 0 Å². The van der Waals surface area contributed by atoms with E-state index in [1.807, 2.05) is 66.9 Å². The van der Waals surface area contributed by atoms with Crippen LogP contribution < -0.4 is 10.3 Å². The van der Waals surface area contributed by atoms with Crippen LogP contribution >= 0.6 is 0 Å². The molecule has 4 rings (SSSR count). The lowest BCUT2D eigenvalue weighted by Crippen LogP contribution is -2.32. The van der Waals surface area contributed by atoms with Crippen molar-refractivity contribution in [2.24, 2.45) is 5.10 Å². The molecule has 3 aromatic rings. The fraction of sp³-hybridized carbons (Fsp3) is 0. The van der Waals surface area contributed by atoms with Gasteiger partial charge >= 0.3 is 0 Å². The van der Waals surface area contributed by atoms with E-state index < -0.39 is 0 Å². The van der Waals surface area contributed by atoms with Crippen LogP contribution in [0.25, 0.3) is 5.70 Å². The number of phenolic OH excluding ortho intramolecular Hbond substituents is 1. The minimum absolute atomic E-state index is 0.105. The van der Waals surface area contributed by atoms with Crippen molar-refractivity contribution in [2.45, 2.75) is 0 Å². The first-order valence-electron chi connectivity index (χ1n) is 8.18. The van der Waals surface area contributed by atoms with Crippen molar-refractivity contribution in [3.63, 3.8) is 0 Å². The maximum absolute atomic E-state index is 11.5. The van der Waals surface area contributed by atoms with Gasteiger partial charge in [0.15, 0.2) is 11.6 Å². The molecule has 0 atom stereocenters. The van der Waals surface area contributed by atoms with Crippen molar-refractivity contribution in [1.82, 2.24) is 5.32 Å². The zero-order valence-corrected chi connectivity index (χ0v) is 13.8. The molecule has 5 heteroatoms. The van der Waals surface area contributed by atoms with Crippen LogP contribution in [-0.4, -0.2) is 10.9 Å². The molecule has 0 saturated carbocycles. The molecule has 0 aliphatic carbocycles. The SMILES string of the molecule is [O]c1ccc(C2=NN(c3ccccc3)C=C(c3ccccc3)N2)c(O)c1. The Hall–Kier alpha value is -3.73. The molecular weight excluding hydrogens is 326 g/mol. The molecule has 3 aromatic carbocycles. The Morgan fingerprint density at radius 1 is 0.885 bits per heavy atom. The van der Waals surface area contributed by atoms with Crippen molar-refractivity contribution in [1.29, 1.82) is 0 Å². The first-order valence-corrected chi connectivity index (χ1v) is 8.18. The monoisotopic (exact) mass is 342 g/mol. The molecule has 1 aliphatic heterocycles. The van der Waals surface area contributed by atoms with E-state index >= 15 is 0 Å². The van der Waals surface area contributed by atoms with Crippen LogP contribution in [-0.2, 0) is 5.11 Å². The van der Waals surface area contributed by atoms with E-state index in [0.717, 1.165) is 16.9 Å². The van der Waals surface area contributed by atoms with Gasteiger partial charge in [-0.3, -0.25) is 5.11 Å². The van der Waals surface area contributed by atoms with E-state index in [0.29, 0.717) is 11.4 Å². The number of hydrogen-bond donors (Lipinski definition) is 2. The van der Waals surface area contributed by atoms with Crippen molar-refractivity contribution < 1.29 is 10.2 Å². The van der Waals surface area contributed by atoms with Gasteiger partial charge in [-0.05, 0) is 29.8 Å². The molecule has 0 bridgehead atoms. The number of para-hydroxylation sites is 1. The summed E-state index contributed by atoms with van der Waals surface area (Å²) in [4.78, 5) is 0. The van der Waals surface area contributed by atoms with Gasteiger partial charge in [-0.2, -0.15) is 0 Å². The van der Waals surface area contributed by atoms with Crippen LogP contribution in [0.5, 0.6) is 11.5 Å². The normalized spacial score (nSPS) is 13.6. The van der Waals surface area contributed by atoms with E-state index in [1.54, 1.807) is 11.1 Å². The molecule has 5 nitrogen and oxygen atoms in total. The number of benzene rings is 3. The van der Waals surface area contributed by atoms with Crippen LogP contribution in [0.2, 0.25) is 0 Å². The summed E-state index contributed by atoms with van der Waals surface area (Å²) in [5.41, 5.74) is 3.18. The molecule has 0 unspecified atom stereocenters. The van der Waals surface area contributed by atoms with Crippen LogP contribution in [0, 0.1) is 0 Å². The largest absolute Gasteiger partial charge is 0.507 e. The molecule has 0 aromatic heterocycles. The molecule has 1 radical (unpaired) electrons. The number of anilines is 1. The van der Waals surface area contributed by atoms with Crippen LogP contribution in [0.1, 0.15) is 11.1 Å². The molecule has 127 valence electrons. The van der Waals surface area contributed by atoms with Crippen molar-refractivity contribution >= 4 is 17.2 Å². The summed E-state index contributed by atoms with van der Waals surface area (Å²) in [5, 5.41) is 31.2. The second-order valence-electron chi connectivity index (χ2n) is 5.84. The molecule has 0 saturated heterocycles. The summed E-state index contributed by atoms with van der Waals surface area (Å²) in [5.74, 6) is 0.111. The van der Waals surface area contributed by atoms with Crippen molar-refractivity contribution in [3.05, 3.63) is 96.2 Å². The second-order valence-corrected chi connectivity index (χ2v) is 5.84. The summed E-state index contributed by atoms with van der Waals surface area (Å²) < 4.78 is 0. The highest BCUT2D eigenvalue weighted by molar-refractivity contribution is 6.07. The first kappa shape index (κ1) is 15.8. The minimum atomic E-state index is -0.249. The van der Waals surface area contributed by atoms with Gasteiger partial charge in [0.25, 0.3) is 0 Å². The zero-order valence-electron chi connectivity index (χ0n) is 13.8. The van der Waals surface area contributed by atoms with Crippen LogP contribution in [0.4, 0.5) is 5.69 Å². The van der Waals surface area contributed by atoms with Gasteiger partial charge in [0.1, 0.15) is 5.75 Å². The number of phenols is 1. The van der Waals surface area contributed by atoms with Gasteiger partial charge < -0.3 is 10.4 Å². The fourth-order valence-electron chi connectivity index (χ4n) is 2.75. The Morgan fingerprint density at radius 2 is 1.58 bits per heavy atom. The van der Waals surface area contributed by atoms with E-state index in [9.17, 15) is 10.2 Å². The molecule has 0 spiro atoms. The third-order valence-electron chi connectivity index (χ3n) is 4.04. The average molecular weight is 342 g/mol. The molecule has 1 aliphatic rings. The lowest BCUT2D eigenvalue weighted by atomic mass is 10.1. The Kier molecular flexibility index (Phi) is 4.03. The van der Waals surface area contributed by atoms with Gasteiger partial charge in [-0.25, -0.2) is 5.01 Å². The highest BCUT2D eigenvalue weighted by Gasteiger charge is 2.19. The molecule has 26 heavy (non-hydrogen) atoms. The number of hydrogen-bond acceptors (Lipinski definition) is 4. The Morgan fingerprint density at radius 3 is 2.27 bits per heavy atom. The maximum Gasteiger partial charge on any atom is 0.182 e. The van der Waals surface area contributed by atoms with E-state index in [-0.39, 0.29) is 11.5 Å². The van der Waals surface area contributed by atoms with Gasteiger partial charge in [0.05, 0.1) is 23.1 Å². The summed E-state index contributed by atoms with van der Waals surface area (Å²) >= 11 is 0. The Labute approximate surface area is 151 Å². The third kappa shape index (κ3) is 3.10. The number of hydrazone groups is 1. The molecular formula is C21H16N3O2. The third-order valence-corrected chi connectivity index (χ3v) is 4.04. The standard InChI is InChI=1S/C21H16N3O2/c25-17-11-12-18(20(26)13-17)21-22-19(15-7-3-1-4-8-15)14-24(23-21)16-9-5-2-6-10-16/h1-14,26H,(H,22,23). The molecule has 0 amide bonds.